The van der Waals surface area contributed by atoms with Gasteiger partial charge in [0, 0.05) is 4.88 Å². The van der Waals surface area contributed by atoms with Crippen LogP contribution in [0.3, 0.4) is 0 Å². The number of methoxy groups -OCH3 is 1. The van der Waals surface area contributed by atoms with Gasteiger partial charge in [0.2, 0.25) is 0 Å². The average molecular weight is 238 g/mol. The number of ether oxygens (including phenoxy) is 1. The van der Waals surface area contributed by atoms with Gasteiger partial charge in [-0.2, -0.15) is 0 Å². The molecule has 2 nitrogen and oxygen atoms in total. The number of hydrogen-bond donors (Lipinski definition) is 0. The largest absolute Gasteiger partial charge is 0.468 e. The van der Waals surface area contributed by atoms with E-state index >= 15 is 0 Å². The van der Waals surface area contributed by atoms with Crippen molar-refractivity contribution in [3.05, 3.63) is 22.4 Å². The molecule has 2 rings (SSSR count). The Morgan fingerprint density at radius 2 is 2.00 bits per heavy atom. The molecule has 1 heterocycles. The zero-order chi connectivity index (χ0) is 11.4. The van der Waals surface area contributed by atoms with E-state index in [2.05, 4.69) is 6.07 Å². The minimum Gasteiger partial charge on any atom is -0.468 e. The van der Waals surface area contributed by atoms with Crippen LogP contribution in [0, 0.1) is 0 Å². The van der Waals surface area contributed by atoms with Crippen LogP contribution < -0.4 is 0 Å². The van der Waals surface area contributed by atoms with Crippen molar-refractivity contribution in [1.82, 2.24) is 0 Å². The van der Waals surface area contributed by atoms with Crippen LogP contribution in [0.4, 0.5) is 0 Å². The first kappa shape index (κ1) is 11.6. The van der Waals surface area contributed by atoms with E-state index in [9.17, 15) is 4.79 Å². The van der Waals surface area contributed by atoms with Gasteiger partial charge in [0.25, 0.3) is 0 Å². The number of carbonyl (C=O) groups excluding carboxylic acids is 1. The van der Waals surface area contributed by atoms with Crippen molar-refractivity contribution in [3.63, 3.8) is 0 Å². The number of esters is 1. The van der Waals surface area contributed by atoms with E-state index < -0.39 is 0 Å². The number of rotatable bonds is 2. The quantitative estimate of drug-likeness (QED) is 0.582. The summed E-state index contributed by atoms with van der Waals surface area (Å²) in [5.41, 5.74) is -0.348. The lowest BCUT2D eigenvalue weighted by Gasteiger charge is -2.28. The summed E-state index contributed by atoms with van der Waals surface area (Å²) in [6, 6.07) is 4.10. The van der Waals surface area contributed by atoms with E-state index in [4.69, 9.17) is 4.74 Å². The van der Waals surface area contributed by atoms with Gasteiger partial charge in [-0.1, -0.05) is 31.7 Å². The van der Waals surface area contributed by atoms with Gasteiger partial charge >= 0.3 is 5.97 Å². The highest BCUT2D eigenvalue weighted by Crippen LogP contribution is 2.41. The molecule has 0 atom stereocenters. The van der Waals surface area contributed by atoms with Crippen LogP contribution in [0.25, 0.3) is 0 Å². The van der Waals surface area contributed by atoms with Crippen molar-refractivity contribution in [2.45, 2.75) is 43.9 Å². The molecule has 0 bridgehead atoms. The van der Waals surface area contributed by atoms with Gasteiger partial charge < -0.3 is 4.74 Å². The molecule has 1 aliphatic carbocycles. The zero-order valence-corrected chi connectivity index (χ0v) is 10.5. The molecule has 0 N–H and O–H groups in total. The smallest absolute Gasteiger partial charge is 0.317 e. The van der Waals surface area contributed by atoms with Crippen molar-refractivity contribution in [2.75, 3.05) is 7.11 Å². The summed E-state index contributed by atoms with van der Waals surface area (Å²) in [4.78, 5) is 13.3. The SMILES string of the molecule is COC(=O)C1(c2cccs2)CCCCCC1. The standard InChI is InChI=1S/C13H18O2S/c1-15-12(14)13(11-7-6-10-16-11)8-4-2-3-5-9-13/h6-7,10H,2-5,8-9H2,1H3. The molecule has 0 aromatic carbocycles. The van der Waals surface area contributed by atoms with Crippen molar-refractivity contribution in [3.8, 4) is 0 Å². The van der Waals surface area contributed by atoms with Crippen molar-refractivity contribution >= 4 is 17.3 Å². The van der Waals surface area contributed by atoms with Crippen LogP contribution in [0.5, 0.6) is 0 Å². The molecule has 3 heteroatoms. The minimum atomic E-state index is -0.348. The Kier molecular flexibility index (Phi) is 3.64. The maximum Gasteiger partial charge on any atom is 0.317 e. The molecule has 0 saturated heterocycles. The summed E-state index contributed by atoms with van der Waals surface area (Å²) in [6.45, 7) is 0. The molecule has 1 aromatic heterocycles. The van der Waals surface area contributed by atoms with E-state index in [-0.39, 0.29) is 11.4 Å². The van der Waals surface area contributed by atoms with Gasteiger partial charge in [0.15, 0.2) is 0 Å². The van der Waals surface area contributed by atoms with E-state index in [1.807, 2.05) is 11.4 Å². The molecule has 1 aromatic rings. The summed E-state index contributed by atoms with van der Waals surface area (Å²) >= 11 is 1.68. The second kappa shape index (κ2) is 5.00. The zero-order valence-electron chi connectivity index (χ0n) is 9.70. The Morgan fingerprint density at radius 3 is 2.50 bits per heavy atom. The predicted octanol–water partition coefficient (Wildman–Crippen LogP) is 3.51. The van der Waals surface area contributed by atoms with Gasteiger partial charge in [-0.05, 0) is 24.3 Å². The highest BCUT2D eigenvalue weighted by Gasteiger charge is 2.42. The van der Waals surface area contributed by atoms with Crippen LogP contribution in [-0.2, 0) is 14.9 Å². The fraction of sp³-hybridized carbons (Fsp3) is 0.615. The summed E-state index contributed by atoms with van der Waals surface area (Å²) in [5.74, 6) is -0.0446. The first-order valence-electron chi connectivity index (χ1n) is 5.92. The molecule has 88 valence electrons. The Labute approximate surface area is 101 Å². The number of thiophene rings is 1. The second-order valence-corrected chi connectivity index (χ2v) is 5.41. The molecule has 1 fully saturated rings. The Balaban J connectivity index is 2.34. The van der Waals surface area contributed by atoms with Crippen LogP contribution in [-0.4, -0.2) is 13.1 Å². The second-order valence-electron chi connectivity index (χ2n) is 4.47. The van der Waals surface area contributed by atoms with E-state index in [1.165, 1.54) is 24.8 Å². The van der Waals surface area contributed by atoms with Crippen LogP contribution in [0.1, 0.15) is 43.4 Å². The summed E-state index contributed by atoms with van der Waals surface area (Å²) < 4.78 is 5.04. The molecule has 0 aliphatic heterocycles. The first-order valence-corrected chi connectivity index (χ1v) is 6.80. The van der Waals surface area contributed by atoms with Gasteiger partial charge in [-0.15, -0.1) is 11.3 Å². The molecule has 0 spiro atoms. The van der Waals surface area contributed by atoms with Crippen LogP contribution in [0.2, 0.25) is 0 Å². The fourth-order valence-corrected chi connectivity index (χ4v) is 3.60. The van der Waals surface area contributed by atoms with Crippen LogP contribution in [0.15, 0.2) is 17.5 Å². The van der Waals surface area contributed by atoms with E-state index in [0.29, 0.717) is 0 Å². The molecule has 1 aliphatic rings. The number of hydrogen-bond acceptors (Lipinski definition) is 3. The third kappa shape index (κ3) is 2.01. The van der Waals surface area contributed by atoms with Gasteiger partial charge in [0.1, 0.15) is 5.41 Å². The average Bonchev–Trinajstić information content (AvgIpc) is 2.74. The van der Waals surface area contributed by atoms with Gasteiger partial charge in [-0.3, -0.25) is 4.79 Å². The molecular formula is C13H18O2S. The molecule has 0 amide bonds. The molecule has 0 unspecified atom stereocenters. The van der Waals surface area contributed by atoms with Gasteiger partial charge in [0.05, 0.1) is 7.11 Å². The lowest BCUT2D eigenvalue weighted by molar-refractivity contribution is -0.148. The third-order valence-corrected chi connectivity index (χ3v) is 4.60. The monoisotopic (exact) mass is 238 g/mol. The summed E-state index contributed by atoms with van der Waals surface area (Å²) in [5, 5.41) is 2.05. The maximum atomic E-state index is 12.1. The summed E-state index contributed by atoms with van der Waals surface area (Å²) in [7, 11) is 1.50. The molecular weight excluding hydrogens is 220 g/mol. The van der Waals surface area contributed by atoms with E-state index in [0.717, 1.165) is 25.7 Å². The first-order chi connectivity index (χ1) is 7.79. The third-order valence-electron chi connectivity index (χ3n) is 3.53. The Hall–Kier alpha value is -0.830. The fourth-order valence-electron chi connectivity index (χ4n) is 2.63. The van der Waals surface area contributed by atoms with Crippen LogP contribution >= 0.6 is 11.3 Å². The molecule has 1 saturated carbocycles. The molecule has 0 radical (unpaired) electrons. The maximum absolute atomic E-state index is 12.1. The lowest BCUT2D eigenvalue weighted by Crippen LogP contribution is -2.35. The highest BCUT2D eigenvalue weighted by molar-refractivity contribution is 7.10. The predicted molar refractivity (Wildman–Crippen MR) is 65.7 cm³/mol. The van der Waals surface area contributed by atoms with Crippen molar-refractivity contribution in [2.24, 2.45) is 0 Å². The molecule has 16 heavy (non-hydrogen) atoms. The van der Waals surface area contributed by atoms with Crippen molar-refractivity contribution < 1.29 is 9.53 Å². The number of carbonyl (C=O) groups is 1. The minimum absolute atomic E-state index is 0.0446. The Bertz CT molecular complexity index is 335. The lowest BCUT2D eigenvalue weighted by atomic mass is 9.79. The summed E-state index contributed by atoms with van der Waals surface area (Å²) in [6.07, 6.45) is 6.63. The Morgan fingerprint density at radius 1 is 1.31 bits per heavy atom. The topological polar surface area (TPSA) is 26.3 Å². The highest BCUT2D eigenvalue weighted by atomic mass is 32.1. The normalized spacial score (nSPS) is 20.1. The van der Waals surface area contributed by atoms with Gasteiger partial charge in [-0.25, -0.2) is 0 Å². The van der Waals surface area contributed by atoms with E-state index in [1.54, 1.807) is 11.3 Å². The van der Waals surface area contributed by atoms with Crippen molar-refractivity contribution in [1.29, 1.82) is 0 Å².